The van der Waals surface area contributed by atoms with Gasteiger partial charge in [0.1, 0.15) is 19.3 Å². The molecule has 0 aliphatic carbocycles. The minimum atomic E-state index is -4.99. The van der Waals surface area contributed by atoms with Crippen molar-refractivity contribution >= 4 is 39.5 Å². The van der Waals surface area contributed by atoms with Gasteiger partial charge in [-0.15, -0.1) is 0 Å². The number of rotatable bonds is 81. The third-order valence-electron chi connectivity index (χ3n) is 18.2. The molecular formula is C89H156O17P2. The van der Waals surface area contributed by atoms with Crippen LogP contribution in [0.25, 0.3) is 0 Å². The fourth-order valence-corrected chi connectivity index (χ4v) is 13.2. The van der Waals surface area contributed by atoms with Crippen molar-refractivity contribution in [2.24, 2.45) is 0 Å². The van der Waals surface area contributed by atoms with Crippen molar-refractivity contribution in [3.63, 3.8) is 0 Å². The molecule has 5 unspecified atom stereocenters. The van der Waals surface area contributed by atoms with Crippen LogP contribution in [0.1, 0.15) is 374 Å². The van der Waals surface area contributed by atoms with E-state index in [1.807, 2.05) is 0 Å². The summed E-state index contributed by atoms with van der Waals surface area (Å²) in [5.41, 5.74) is 0. The molecule has 0 aromatic carbocycles. The van der Waals surface area contributed by atoms with Gasteiger partial charge in [0, 0.05) is 25.7 Å². The lowest BCUT2D eigenvalue weighted by Crippen LogP contribution is -2.30. The van der Waals surface area contributed by atoms with Crippen molar-refractivity contribution in [1.29, 1.82) is 0 Å². The Morgan fingerprint density at radius 1 is 0.269 bits per heavy atom. The van der Waals surface area contributed by atoms with E-state index in [0.29, 0.717) is 25.7 Å². The molecule has 0 aliphatic rings. The molecule has 108 heavy (non-hydrogen) atoms. The molecule has 0 rings (SSSR count). The largest absolute Gasteiger partial charge is 0.472 e. The quantitative estimate of drug-likeness (QED) is 0.0169. The highest BCUT2D eigenvalue weighted by molar-refractivity contribution is 7.47. The highest BCUT2D eigenvalue weighted by Gasteiger charge is 2.30. The van der Waals surface area contributed by atoms with Crippen LogP contribution in [0, 0.1) is 0 Å². The van der Waals surface area contributed by atoms with Gasteiger partial charge in [0.2, 0.25) is 0 Å². The van der Waals surface area contributed by atoms with Crippen LogP contribution in [-0.4, -0.2) is 96.7 Å². The maximum atomic E-state index is 13.1. The summed E-state index contributed by atoms with van der Waals surface area (Å²) in [5.74, 6) is -2.20. The second-order valence-corrected chi connectivity index (χ2v) is 31.6. The van der Waals surface area contributed by atoms with Crippen molar-refractivity contribution < 1.29 is 80.2 Å². The third kappa shape index (κ3) is 79.8. The van der Waals surface area contributed by atoms with E-state index < -0.39 is 97.5 Å². The van der Waals surface area contributed by atoms with Gasteiger partial charge in [0.15, 0.2) is 12.2 Å². The lowest BCUT2D eigenvalue weighted by Gasteiger charge is -2.21. The van der Waals surface area contributed by atoms with Crippen LogP contribution in [-0.2, 0) is 65.4 Å². The Labute approximate surface area is 658 Å². The normalized spacial score (nSPS) is 14.3. The number of allylic oxidation sites excluding steroid dienone is 18. The topological polar surface area (TPSA) is 237 Å². The van der Waals surface area contributed by atoms with Gasteiger partial charge in [-0.25, -0.2) is 9.13 Å². The number of esters is 4. The predicted molar refractivity (Wildman–Crippen MR) is 445 cm³/mol. The van der Waals surface area contributed by atoms with E-state index in [4.69, 9.17) is 37.0 Å². The molecule has 0 aliphatic heterocycles. The van der Waals surface area contributed by atoms with E-state index in [1.165, 1.54) is 96.3 Å². The number of carbonyl (C=O) groups is 4. The molecule has 0 aromatic heterocycles. The Hall–Kier alpha value is -4.28. The zero-order chi connectivity index (χ0) is 78.9. The SMILES string of the molecule is CC/C=C\C/C=C\C/C=C\C/C=C\CCCCCCCCC(=O)OCC(COP(=O)(O)OCC(O)COP(=O)(O)OCC(COC(=O)CCCCCCCC/C=C\C/C=C\C/C=C\CCCCC)OC(=O)CCCCCCC/C=C\CCCCCCCC)OC(=O)CCCCCCC/C=C\CCCCCCCC. The molecule has 0 heterocycles. The fourth-order valence-electron chi connectivity index (χ4n) is 11.6. The maximum absolute atomic E-state index is 13.1. The first kappa shape index (κ1) is 104. The number of unbranched alkanes of at least 4 members (excludes halogenated alkanes) is 37. The van der Waals surface area contributed by atoms with E-state index in [0.717, 1.165) is 199 Å². The van der Waals surface area contributed by atoms with E-state index in [-0.39, 0.29) is 25.7 Å². The van der Waals surface area contributed by atoms with E-state index in [2.05, 4.69) is 137 Å². The summed E-state index contributed by atoms with van der Waals surface area (Å²) in [4.78, 5) is 73.3. The van der Waals surface area contributed by atoms with Gasteiger partial charge in [-0.3, -0.25) is 37.3 Å². The minimum Gasteiger partial charge on any atom is -0.462 e. The second kappa shape index (κ2) is 80.8. The summed E-state index contributed by atoms with van der Waals surface area (Å²) in [6.07, 6.45) is 89.0. The molecule has 0 radical (unpaired) electrons. The van der Waals surface area contributed by atoms with E-state index >= 15 is 0 Å². The van der Waals surface area contributed by atoms with Gasteiger partial charge in [0.25, 0.3) is 0 Å². The number of aliphatic hydroxyl groups is 1. The summed E-state index contributed by atoms with van der Waals surface area (Å²) < 4.78 is 68.8. The molecule has 0 saturated carbocycles. The monoisotopic (exact) mass is 1560 g/mol. The van der Waals surface area contributed by atoms with E-state index in [9.17, 15) is 43.2 Å². The first-order valence-electron chi connectivity index (χ1n) is 43.1. The molecule has 19 heteroatoms. The van der Waals surface area contributed by atoms with E-state index in [1.54, 1.807) is 0 Å². The third-order valence-corrected chi connectivity index (χ3v) is 20.1. The average Bonchev–Trinajstić information content (AvgIpc) is 0.923. The highest BCUT2D eigenvalue weighted by Crippen LogP contribution is 2.45. The molecule has 17 nitrogen and oxygen atoms in total. The Kier molecular flexibility index (Phi) is 77.6. The minimum absolute atomic E-state index is 0.0813. The van der Waals surface area contributed by atoms with Gasteiger partial charge in [0.05, 0.1) is 26.4 Å². The summed E-state index contributed by atoms with van der Waals surface area (Å²) >= 11 is 0. The highest BCUT2D eigenvalue weighted by atomic mass is 31.2. The summed E-state index contributed by atoms with van der Waals surface area (Å²) in [6, 6.07) is 0. The number of phosphoric acid groups is 2. The van der Waals surface area contributed by atoms with Gasteiger partial charge in [-0.05, 0) is 154 Å². The first-order chi connectivity index (χ1) is 52.7. The van der Waals surface area contributed by atoms with Crippen LogP contribution in [0.4, 0.5) is 0 Å². The molecule has 0 amide bonds. The Balaban J connectivity index is 5.38. The van der Waals surface area contributed by atoms with Crippen LogP contribution >= 0.6 is 15.6 Å². The van der Waals surface area contributed by atoms with Crippen LogP contribution in [0.5, 0.6) is 0 Å². The number of carbonyl (C=O) groups excluding carboxylic acids is 4. The maximum Gasteiger partial charge on any atom is 0.472 e. The number of aliphatic hydroxyl groups excluding tert-OH is 1. The van der Waals surface area contributed by atoms with Crippen LogP contribution in [0.3, 0.4) is 0 Å². The van der Waals surface area contributed by atoms with Crippen LogP contribution in [0.2, 0.25) is 0 Å². The van der Waals surface area contributed by atoms with Crippen LogP contribution in [0.15, 0.2) is 109 Å². The fraction of sp³-hybridized carbons (Fsp3) is 0.753. The first-order valence-corrected chi connectivity index (χ1v) is 46.1. The lowest BCUT2D eigenvalue weighted by molar-refractivity contribution is -0.161. The zero-order valence-electron chi connectivity index (χ0n) is 68.5. The van der Waals surface area contributed by atoms with Crippen molar-refractivity contribution in [3.05, 3.63) is 109 Å². The van der Waals surface area contributed by atoms with Crippen LogP contribution < -0.4 is 0 Å². The molecule has 624 valence electrons. The predicted octanol–water partition coefficient (Wildman–Crippen LogP) is 25.7. The number of phosphoric ester groups is 2. The van der Waals surface area contributed by atoms with Crippen molar-refractivity contribution in [1.82, 2.24) is 0 Å². The van der Waals surface area contributed by atoms with Crippen molar-refractivity contribution in [3.8, 4) is 0 Å². The van der Waals surface area contributed by atoms with Gasteiger partial charge < -0.3 is 33.8 Å². The summed E-state index contributed by atoms with van der Waals surface area (Å²) in [6.45, 7) is 4.74. The van der Waals surface area contributed by atoms with Gasteiger partial charge >= 0.3 is 39.5 Å². The number of ether oxygens (including phenoxy) is 4. The molecular weight excluding hydrogens is 1400 g/mol. The summed E-state index contributed by atoms with van der Waals surface area (Å²) in [7, 11) is -9.97. The Morgan fingerprint density at radius 2 is 0.481 bits per heavy atom. The Bertz CT molecular complexity index is 2470. The molecule has 5 atom stereocenters. The smallest absolute Gasteiger partial charge is 0.462 e. The zero-order valence-corrected chi connectivity index (χ0v) is 70.3. The molecule has 0 spiro atoms. The standard InChI is InChI=1S/C89H156O17P2/c1-5-9-13-17-21-25-29-33-37-39-41-43-47-49-53-57-61-65-69-73-86(91)99-79-84(105-88(93)75-71-67-63-59-55-51-45-35-31-27-23-19-15-11-7-3)81-103-107(95,96)101-77-83(90)78-102-108(97,98)104-82-85(106-89(94)76-72-68-64-60-56-52-46-36-32-28-24-20-16-12-8-4)80-100-87(92)74-70-66-62-58-54-50-48-44-42-40-38-34-30-26-22-18-14-10-6-2/h9,13,21-22,25-26,33-38,41-46,83-85,90H,5-8,10-12,14-20,23-24,27-32,39-40,47-82H2,1-4H3,(H,95,96)(H,97,98)/b13-9-,25-21-,26-22-,37-33-,38-34-,43-41-,44-42-,45-35-,46-36-. The molecule has 0 aromatic rings. The summed E-state index contributed by atoms with van der Waals surface area (Å²) in [5, 5.41) is 10.7. The molecule has 0 saturated heterocycles. The number of hydrogen-bond donors (Lipinski definition) is 3. The lowest BCUT2D eigenvalue weighted by atomic mass is 10.1. The Morgan fingerprint density at radius 3 is 0.769 bits per heavy atom. The van der Waals surface area contributed by atoms with Gasteiger partial charge in [-0.2, -0.15) is 0 Å². The second-order valence-electron chi connectivity index (χ2n) is 28.7. The van der Waals surface area contributed by atoms with Crippen molar-refractivity contribution in [2.75, 3.05) is 39.6 Å². The van der Waals surface area contributed by atoms with Gasteiger partial charge in [-0.1, -0.05) is 304 Å². The molecule has 0 bridgehead atoms. The molecule has 3 N–H and O–H groups in total. The molecule has 0 fully saturated rings. The average molecular weight is 1560 g/mol. The van der Waals surface area contributed by atoms with Crippen molar-refractivity contribution in [2.45, 2.75) is 393 Å². The number of hydrogen-bond acceptors (Lipinski definition) is 15.